The number of aryl methyl sites for hydroxylation is 1. The van der Waals surface area contributed by atoms with E-state index in [2.05, 4.69) is 35.4 Å². The van der Waals surface area contributed by atoms with Crippen molar-refractivity contribution in [3.8, 4) is 0 Å². The van der Waals surface area contributed by atoms with Crippen LogP contribution in [0.2, 0.25) is 0 Å². The monoisotopic (exact) mass is 336 g/mol. The molecule has 1 aliphatic rings. The predicted octanol–water partition coefficient (Wildman–Crippen LogP) is 2.31. The SMILES string of the molecule is CCNC(=NCC(c1ccc(C)o1)N1CCCC1)NC(C)COC. The summed E-state index contributed by atoms with van der Waals surface area (Å²) < 4.78 is 11.1. The van der Waals surface area contributed by atoms with Crippen molar-refractivity contribution >= 4 is 5.96 Å². The van der Waals surface area contributed by atoms with Crippen molar-refractivity contribution in [1.29, 1.82) is 0 Å². The van der Waals surface area contributed by atoms with Crippen LogP contribution < -0.4 is 10.6 Å². The number of hydrogen-bond donors (Lipinski definition) is 2. The molecular formula is C18H32N4O2. The van der Waals surface area contributed by atoms with Crippen LogP contribution in [-0.2, 0) is 4.74 Å². The van der Waals surface area contributed by atoms with Crippen molar-refractivity contribution in [1.82, 2.24) is 15.5 Å². The smallest absolute Gasteiger partial charge is 0.191 e. The fourth-order valence-electron chi connectivity index (χ4n) is 3.09. The minimum Gasteiger partial charge on any atom is -0.465 e. The van der Waals surface area contributed by atoms with Crippen LogP contribution >= 0.6 is 0 Å². The number of likely N-dealkylation sites (tertiary alicyclic amines) is 1. The van der Waals surface area contributed by atoms with Gasteiger partial charge in [0.25, 0.3) is 0 Å². The highest BCUT2D eigenvalue weighted by Crippen LogP contribution is 2.26. The van der Waals surface area contributed by atoms with Gasteiger partial charge in [0.05, 0.1) is 19.2 Å². The van der Waals surface area contributed by atoms with E-state index in [1.54, 1.807) is 7.11 Å². The molecule has 1 fully saturated rings. The molecule has 24 heavy (non-hydrogen) atoms. The number of nitrogens with one attached hydrogen (secondary N) is 2. The van der Waals surface area contributed by atoms with Crippen LogP contribution in [0.3, 0.4) is 0 Å². The maximum absolute atomic E-state index is 5.90. The lowest BCUT2D eigenvalue weighted by molar-refractivity contribution is 0.178. The molecule has 6 heteroatoms. The summed E-state index contributed by atoms with van der Waals surface area (Å²) in [5, 5.41) is 6.69. The van der Waals surface area contributed by atoms with Crippen molar-refractivity contribution < 1.29 is 9.15 Å². The average Bonchev–Trinajstić information content (AvgIpc) is 3.20. The normalized spacial score (nSPS) is 18.6. The minimum absolute atomic E-state index is 0.203. The number of furan rings is 1. The number of methoxy groups -OCH3 is 1. The van der Waals surface area contributed by atoms with Gasteiger partial charge in [0.15, 0.2) is 5.96 Å². The molecule has 2 atom stereocenters. The second-order valence-electron chi connectivity index (χ2n) is 6.43. The maximum Gasteiger partial charge on any atom is 0.191 e. The Morgan fingerprint density at radius 1 is 1.38 bits per heavy atom. The van der Waals surface area contributed by atoms with Gasteiger partial charge in [0.1, 0.15) is 11.5 Å². The van der Waals surface area contributed by atoms with Crippen LogP contribution in [0, 0.1) is 6.92 Å². The van der Waals surface area contributed by atoms with Crippen LogP contribution in [0.5, 0.6) is 0 Å². The van der Waals surface area contributed by atoms with Crippen LogP contribution in [0.25, 0.3) is 0 Å². The first-order valence-corrected chi connectivity index (χ1v) is 8.98. The number of ether oxygens (including phenoxy) is 1. The first kappa shape index (κ1) is 18.8. The van der Waals surface area contributed by atoms with Gasteiger partial charge in [-0.25, -0.2) is 0 Å². The molecule has 2 unspecified atom stereocenters. The predicted molar refractivity (Wildman–Crippen MR) is 97.4 cm³/mol. The van der Waals surface area contributed by atoms with E-state index < -0.39 is 0 Å². The Morgan fingerprint density at radius 3 is 2.71 bits per heavy atom. The van der Waals surface area contributed by atoms with E-state index >= 15 is 0 Å². The van der Waals surface area contributed by atoms with E-state index in [9.17, 15) is 0 Å². The summed E-state index contributed by atoms with van der Waals surface area (Å²) in [7, 11) is 1.71. The van der Waals surface area contributed by atoms with E-state index in [0.29, 0.717) is 13.2 Å². The first-order valence-electron chi connectivity index (χ1n) is 8.98. The number of nitrogens with zero attached hydrogens (tertiary/aromatic N) is 2. The molecule has 136 valence electrons. The van der Waals surface area contributed by atoms with Crippen LogP contribution in [0.15, 0.2) is 21.5 Å². The Labute approximate surface area is 145 Å². The molecule has 0 radical (unpaired) electrons. The van der Waals surface area contributed by atoms with Gasteiger partial charge < -0.3 is 19.8 Å². The Balaban J connectivity index is 2.07. The summed E-state index contributed by atoms with van der Waals surface area (Å²) in [6.45, 7) is 10.6. The van der Waals surface area contributed by atoms with Crippen LogP contribution in [0.1, 0.15) is 44.3 Å². The third kappa shape index (κ3) is 5.53. The number of aliphatic imine (C=N–C) groups is 1. The molecule has 0 amide bonds. The first-order chi connectivity index (χ1) is 11.6. The summed E-state index contributed by atoms with van der Waals surface area (Å²) in [5.74, 6) is 2.80. The third-order valence-corrected chi connectivity index (χ3v) is 4.24. The zero-order chi connectivity index (χ0) is 17.4. The molecule has 0 saturated carbocycles. The lowest BCUT2D eigenvalue weighted by Crippen LogP contribution is -2.44. The van der Waals surface area contributed by atoms with Gasteiger partial charge in [-0.2, -0.15) is 0 Å². The molecule has 2 heterocycles. The molecule has 1 aliphatic heterocycles. The van der Waals surface area contributed by atoms with Crippen molar-refractivity contribution in [3.05, 3.63) is 23.7 Å². The van der Waals surface area contributed by atoms with Gasteiger partial charge in [-0.15, -0.1) is 0 Å². The zero-order valence-electron chi connectivity index (χ0n) is 15.5. The van der Waals surface area contributed by atoms with Gasteiger partial charge in [-0.05, 0) is 58.8 Å². The van der Waals surface area contributed by atoms with Gasteiger partial charge in [-0.3, -0.25) is 9.89 Å². The fraction of sp³-hybridized carbons (Fsp3) is 0.722. The second-order valence-corrected chi connectivity index (χ2v) is 6.43. The lowest BCUT2D eigenvalue weighted by Gasteiger charge is -2.25. The van der Waals surface area contributed by atoms with E-state index in [0.717, 1.165) is 37.1 Å². The highest BCUT2D eigenvalue weighted by molar-refractivity contribution is 5.80. The minimum atomic E-state index is 0.203. The average molecular weight is 336 g/mol. The van der Waals surface area contributed by atoms with E-state index in [1.165, 1.54) is 12.8 Å². The van der Waals surface area contributed by atoms with Crippen LogP contribution in [0.4, 0.5) is 0 Å². The van der Waals surface area contributed by atoms with Crippen molar-refractivity contribution in [2.45, 2.75) is 45.7 Å². The quantitative estimate of drug-likeness (QED) is 0.563. The number of rotatable bonds is 8. The summed E-state index contributed by atoms with van der Waals surface area (Å²) >= 11 is 0. The third-order valence-electron chi connectivity index (χ3n) is 4.24. The largest absolute Gasteiger partial charge is 0.465 e. The van der Waals surface area contributed by atoms with Crippen molar-refractivity contribution in [2.75, 3.05) is 39.9 Å². The Hall–Kier alpha value is -1.53. The molecule has 6 nitrogen and oxygen atoms in total. The van der Waals surface area contributed by atoms with Gasteiger partial charge >= 0.3 is 0 Å². The highest BCUT2D eigenvalue weighted by atomic mass is 16.5. The molecule has 0 bridgehead atoms. The molecule has 1 aromatic heterocycles. The van der Waals surface area contributed by atoms with Gasteiger partial charge in [0, 0.05) is 19.7 Å². The van der Waals surface area contributed by atoms with Crippen molar-refractivity contribution in [3.63, 3.8) is 0 Å². The summed E-state index contributed by atoms with van der Waals surface area (Å²) in [6.07, 6.45) is 2.51. The molecule has 0 spiro atoms. The zero-order valence-corrected chi connectivity index (χ0v) is 15.5. The topological polar surface area (TPSA) is 62.0 Å². The standard InChI is InChI=1S/C18H32N4O2/c1-5-19-18(21-14(2)13-23-4)20-12-16(22-10-6-7-11-22)17-9-8-15(3)24-17/h8-9,14,16H,5-7,10-13H2,1-4H3,(H2,19,20,21). The number of guanidine groups is 1. The molecule has 2 rings (SSSR count). The molecule has 0 aliphatic carbocycles. The summed E-state index contributed by atoms with van der Waals surface area (Å²) in [4.78, 5) is 7.28. The maximum atomic E-state index is 5.90. The Bertz CT molecular complexity index is 509. The van der Waals surface area contributed by atoms with E-state index in [1.807, 2.05) is 13.0 Å². The Kier molecular flexibility index (Phi) is 7.59. The molecular weight excluding hydrogens is 304 g/mol. The van der Waals surface area contributed by atoms with Gasteiger partial charge in [-0.1, -0.05) is 0 Å². The van der Waals surface area contributed by atoms with Gasteiger partial charge in [0.2, 0.25) is 0 Å². The second kappa shape index (κ2) is 9.69. The molecule has 0 aromatic carbocycles. The highest BCUT2D eigenvalue weighted by Gasteiger charge is 2.25. The summed E-state index contributed by atoms with van der Waals surface area (Å²) in [5.41, 5.74) is 0. The van der Waals surface area contributed by atoms with E-state index in [-0.39, 0.29) is 12.1 Å². The van der Waals surface area contributed by atoms with Crippen LogP contribution in [-0.4, -0.2) is 56.8 Å². The van der Waals surface area contributed by atoms with E-state index in [4.69, 9.17) is 14.1 Å². The molecule has 1 aromatic rings. The summed E-state index contributed by atoms with van der Waals surface area (Å²) in [6, 6.07) is 4.53. The van der Waals surface area contributed by atoms with Crippen molar-refractivity contribution in [2.24, 2.45) is 4.99 Å². The lowest BCUT2D eigenvalue weighted by atomic mass is 10.2. The fourth-order valence-corrected chi connectivity index (χ4v) is 3.09. The molecule has 1 saturated heterocycles. The number of hydrogen-bond acceptors (Lipinski definition) is 4. The Morgan fingerprint density at radius 2 is 2.12 bits per heavy atom. The molecule has 2 N–H and O–H groups in total.